The third-order valence-electron chi connectivity index (χ3n) is 2.59. The molecular weight excluding hydrogens is 224 g/mol. The minimum Gasteiger partial charge on any atom is -0.298 e. The third kappa shape index (κ3) is 2.47. The zero-order valence-electron chi connectivity index (χ0n) is 9.51. The molecule has 1 aliphatic rings. The van der Waals surface area contributed by atoms with Gasteiger partial charge < -0.3 is 0 Å². The van der Waals surface area contributed by atoms with Crippen LogP contribution in [0.3, 0.4) is 0 Å². The number of imide groups is 1. The summed E-state index contributed by atoms with van der Waals surface area (Å²) in [5.74, 6) is 0.182. The lowest BCUT2D eigenvalue weighted by Gasteiger charge is -2.13. The zero-order valence-corrected chi connectivity index (χ0v) is 9.51. The van der Waals surface area contributed by atoms with Crippen LogP contribution in [-0.2, 0) is 16.1 Å². The van der Waals surface area contributed by atoms with Gasteiger partial charge in [0.25, 0.3) is 0 Å². The Morgan fingerprint density at radius 1 is 1.53 bits per heavy atom. The van der Waals surface area contributed by atoms with E-state index in [-0.39, 0.29) is 18.2 Å². The molecule has 1 aromatic rings. The molecule has 2 rings (SSSR count). The molecule has 1 atom stereocenters. The molecule has 8 heteroatoms. The highest BCUT2D eigenvalue weighted by molar-refractivity contribution is 6.05. The molecule has 1 aromatic heterocycles. The molecule has 0 bridgehead atoms. The number of nitrogens with zero attached hydrogens (tertiary/aromatic N) is 4. The van der Waals surface area contributed by atoms with Crippen molar-refractivity contribution in [2.75, 3.05) is 6.54 Å². The fourth-order valence-electron chi connectivity index (χ4n) is 1.77. The first-order valence-electron chi connectivity index (χ1n) is 5.52. The van der Waals surface area contributed by atoms with Crippen LogP contribution in [0.1, 0.15) is 25.6 Å². The average Bonchev–Trinajstić information content (AvgIpc) is 2.90. The lowest BCUT2D eigenvalue weighted by molar-refractivity contribution is -0.138. The van der Waals surface area contributed by atoms with Gasteiger partial charge in [-0.05, 0) is 6.42 Å². The number of likely N-dealkylation sites (tertiary alicyclic amines) is 1. The molecule has 2 N–H and O–H groups in total. The predicted octanol–water partition coefficient (Wildman–Crippen LogP) is -1.17. The SMILES string of the molecule is CCCN1C(=O)CC(NCc2nn[nH]n2)C1=O. The number of hydrogen-bond acceptors (Lipinski definition) is 6. The fourth-order valence-corrected chi connectivity index (χ4v) is 1.77. The molecule has 1 saturated heterocycles. The molecule has 2 amide bonds. The van der Waals surface area contributed by atoms with E-state index < -0.39 is 6.04 Å². The molecule has 0 saturated carbocycles. The summed E-state index contributed by atoms with van der Waals surface area (Å²) in [6.45, 7) is 2.73. The van der Waals surface area contributed by atoms with Gasteiger partial charge in [0.15, 0.2) is 5.82 Å². The Labute approximate surface area is 97.8 Å². The number of hydrogen-bond donors (Lipinski definition) is 2. The normalized spacial score (nSPS) is 20.3. The molecule has 2 heterocycles. The lowest BCUT2D eigenvalue weighted by Crippen LogP contribution is -2.38. The van der Waals surface area contributed by atoms with Crippen LogP contribution in [0.5, 0.6) is 0 Å². The molecule has 0 aromatic carbocycles. The lowest BCUT2D eigenvalue weighted by atomic mass is 10.2. The molecule has 8 nitrogen and oxygen atoms in total. The van der Waals surface area contributed by atoms with Crippen molar-refractivity contribution in [2.24, 2.45) is 0 Å². The van der Waals surface area contributed by atoms with E-state index in [1.807, 2.05) is 6.92 Å². The summed E-state index contributed by atoms with van der Waals surface area (Å²) in [6.07, 6.45) is 0.978. The largest absolute Gasteiger partial charge is 0.298 e. The summed E-state index contributed by atoms with van der Waals surface area (Å²) < 4.78 is 0. The van der Waals surface area contributed by atoms with Crippen molar-refractivity contribution in [3.63, 3.8) is 0 Å². The van der Waals surface area contributed by atoms with E-state index in [0.717, 1.165) is 6.42 Å². The first kappa shape index (κ1) is 11.6. The monoisotopic (exact) mass is 238 g/mol. The van der Waals surface area contributed by atoms with E-state index in [4.69, 9.17) is 0 Å². The van der Waals surface area contributed by atoms with E-state index in [9.17, 15) is 9.59 Å². The van der Waals surface area contributed by atoms with Crippen LogP contribution in [0.4, 0.5) is 0 Å². The standard InChI is InChI=1S/C9H14N6O2/c1-2-3-15-8(16)4-6(9(15)17)10-5-7-11-13-14-12-7/h6,10H,2-5H2,1H3,(H,11,12,13,14). The van der Waals surface area contributed by atoms with Gasteiger partial charge in [-0.3, -0.25) is 19.8 Å². The van der Waals surface area contributed by atoms with Crippen LogP contribution in [0.2, 0.25) is 0 Å². The fraction of sp³-hybridized carbons (Fsp3) is 0.667. The van der Waals surface area contributed by atoms with Gasteiger partial charge in [0.1, 0.15) is 0 Å². The Hall–Kier alpha value is -1.83. The topological polar surface area (TPSA) is 104 Å². The van der Waals surface area contributed by atoms with E-state index in [1.54, 1.807) is 0 Å². The molecule has 1 aliphatic heterocycles. The number of carbonyl (C=O) groups excluding carboxylic acids is 2. The Morgan fingerprint density at radius 3 is 3.00 bits per heavy atom. The third-order valence-corrected chi connectivity index (χ3v) is 2.59. The summed E-state index contributed by atoms with van der Waals surface area (Å²) in [7, 11) is 0. The number of nitrogens with one attached hydrogen (secondary N) is 2. The van der Waals surface area contributed by atoms with Crippen molar-refractivity contribution in [3.05, 3.63) is 5.82 Å². The number of tetrazole rings is 1. The smallest absolute Gasteiger partial charge is 0.246 e. The first-order valence-corrected chi connectivity index (χ1v) is 5.52. The van der Waals surface area contributed by atoms with Crippen molar-refractivity contribution >= 4 is 11.8 Å². The maximum atomic E-state index is 11.8. The van der Waals surface area contributed by atoms with Gasteiger partial charge in [0.2, 0.25) is 11.8 Å². The maximum Gasteiger partial charge on any atom is 0.246 e. The molecule has 0 aliphatic carbocycles. The highest BCUT2D eigenvalue weighted by Gasteiger charge is 2.37. The van der Waals surface area contributed by atoms with Gasteiger partial charge in [-0.25, -0.2) is 0 Å². The van der Waals surface area contributed by atoms with Crippen LogP contribution in [-0.4, -0.2) is 49.9 Å². The van der Waals surface area contributed by atoms with Crippen molar-refractivity contribution in [1.29, 1.82) is 0 Å². The first-order chi connectivity index (χ1) is 8.22. The van der Waals surface area contributed by atoms with Crippen LogP contribution < -0.4 is 5.32 Å². The van der Waals surface area contributed by atoms with Gasteiger partial charge in [-0.1, -0.05) is 12.1 Å². The minimum absolute atomic E-state index is 0.123. The second-order valence-corrected chi connectivity index (χ2v) is 3.85. The summed E-state index contributed by atoms with van der Waals surface area (Å²) in [4.78, 5) is 24.7. The van der Waals surface area contributed by atoms with Crippen LogP contribution in [0.25, 0.3) is 0 Å². The van der Waals surface area contributed by atoms with E-state index >= 15 is 0 Å². The summed E-state index contributed by atoms with van der Waals surface area (Å²) >= 11 is 0. The zero-order chi connectivity index (χ0) is 12.3. The maximum absolute atomic E-state index is 11.8. The van der Waals surface area contributed by atoms with E-state index in [0.29, 0.717) is 18.9 Å². The van der Waals surface area contributed by atoms with Crippen LogP contribution in [0, 0.1) is 0 Å². The predicted molar refractivity (Wildman–Crippen MR) is 56.4 cm³/mol. The van der Waals surface area contributed by atoms with Gasteiger partial charge in [0, 0.05) is 6.54 Å². The molecule has 17 heavy (non-hydrogen) atoms. The minimum atomic E-state index is -0.465. The molecule has 1 fully saturated rings. The van der Waals surface area contributed by atoms with Gasteiger partial charge in [-0.15, -0.1) is 10.2 Å². The highest BCUT2D eigenvalue weighted by atomic mass is 16.2. The van der Waals surface area contributed by atoms with Crippen molar-refractivity contribution < 1.29 is 9.59 Å². The summed E-state index contributed by atoms with van der Waals surface area (Å²) in [5.41, 5.74) is 0. The Kier molecular flexibility index (Phi) is 3.43. The van der Waals surface area contributed by atoms with E-state index in [2.05, 4.69) is 25.9 Å². The number of aromatic amines is 1. The second-order valence-electron chi connectivity index (χ2n) is 3.85. The van der Waals surface area contributed by atoms with Crippen LogP contribution in [0.15, 0.2) is 0 Å². The number of rotatable bonds is 5. The van der Waals surface area contributed by atoms with Gasteiger partial charge in [-0.2, -0.15) is 5.21 Å². The second kappa shape index (κ2) is 5.00. The number of amides is 2. The summed E-state index contributed by atoms with van der Waals surface area (Å²) in [6, 6.07) is -0.465. The molecule has 0 spiro atoms. The van der Waals surface area contributed by atoms with Gasteiger partial charge in [0.05, 0.1) is 19.0 Å². The number of aromatic nitrogens is 4. The van der Waals surface area contributed by atoms with Crippen molar-refractivity contribution in [2.45, 2.75) is 32.4 Å². The number of H-pyrrole nitrogens is 1. The van der Waals surface area contributed by atoms with E-state index in [1.165, 1.54) is 4.90 Å². The Balaban J connectivity index is 1.90. The Bertz CT molecular complexity index is 404. The quantitative estimate of drug-likeness (QED) is 0.626. The average molecular weight is 238 g/mol. The highest BCUT2D eigenvalue weighted by Crippen LogP contribution is 2.13. The summed E-state index contributed by atoms with van der Waals surface area (Å²) in [5, 5.41) is 16.2. The van der Waals surface area contributed by atoms with Crippen molar-refractivity contribution in [3.8, 4) is 0 Å². The number of carbonyl (C=O) groups is 2. The van der Waals surface area contributed by atoms with Gasteiger partial charge >= 0.3 is 0 Å². The van der Waals surface area contributed by atoms with Crippen LogP contribution >= 0.6 is 0 Å². The molecule has 0 radical (unpaired) electrons. The molecular formula is C9H14N6O2. The molecule has 92 valence electrons. The van der Waals surface area contributed by atoms with Crippen molar-refractivity contribution in [1.82, 2.24) is 30.8 Å². The Morgan fingerprint density at radius 2 is 2.35 bits per heavy atom. The molecule has 1 unspecified atom stereocenters.